The fraction of sp³-hybridized carbons (Fsp3) is 0.625. The van der Waals surface area contributed by atoms with Crippen LogP contribution in [0.15, 0.2) is 30.3 Å². The molecule has 98 valence electrons. The summed E-state index contributed by atoms with van der Waals surface area (Å²) in [6, 6.07) is 11.4. The molecule has 2 heteroatoms. The van der Waals surface area contributed by atoms with Crippen molar-refractivity contribution in [1.29, 1.82) is 0 Å². The lowest BCUT2D eigenvalue weighted by Crippen LogP contribution is -2.37. The minimum atomic E-state index is 0.518. The highest BCUT2D eigenvalue weighted by Gasteiger charge is 2.40. The van der Waals surface area contributed by atoms with Crippen molar-refractivity contribution in [2.45, 2.75) is 56.8 Å². The van der Waals surface area contributed by atoms with E-state index in [4.69, 9.17) is 4.74 Å². The lowest BCUT2D eigenvalue weighted by Gasteiger charge is -2.19. The summed E-state index contributed by atoms with van der Waals surface area (Å²) in [5.41, 5.74) is 1.46. The summed E-state index contributed by atoms with van der Waals surface area (Å²) in [6.07, 6.45) is 8.63. The quantitative estimate of drug-likeness (QED) is 0.778. The van der Waals surface area contributed by atoms with E-state index in [0.717, 1.165) is 6.54 Å². The molecule has 1 aromatic carbocycles. The third kappa shape index (κ3) is 2.93. The molecule has 2 saturated heterocycles. The molecule has 3 rings (SSSR count). The maximum atomic E-state index is 5.85. The number of rotatable bonds is 6. The van der Waals surface area contributed by atoms with E-state index in [1.807, 2.05) is 0 Å². The predicted molar refractivity (Wildman–Crippen MR) is 73.7 cm³/mol. The Bertz CT molecular complexity index is 365. The van der Waals surface area contributed by atoms with Gasteiger partial charge >= 0.3 is 0 Å². The van der Waals surface area contributed by atoms with Gasteiger partial charge in [0, 0.05) is 6.04 Å². The summed E-state index contributed by atoms with van der Waals surface area (Å²) in [7, 11) is 0. The maximum Gasteiger partial charge on any atom is 0.0733 e. The number of nitrogens with one attached hydrogen (secondary N) is 1. The van der Waals surface area contributed by atoms with Crippen molar-refractivity contribution in [1.82, 2.24) is 5.32 Å². The fourth-order valence-electron chi connectivity index (χ4n) is 3.24. The Hall–Kier alpha value is -0.860. The molecule has 1 N–H and O–H groups in total. The van der Waals surface area contributed by atoms with E-state index in [1.165, 1.54) is 44.1 Å². The number of aryl methyl sites for hydroxylation is 1. The molecule has 0 radical (unpaired) electrons. The third-order valence-corrected chi connectivity index (χ3v) is 4.25. The minimum absolute atomic E-state index is 0.518. The van der Waals surface area contributed by atoms with Gasteiger partial charge in [0.05, 0.1) is 12.2 Å². The Morgan fingerprint density at radius 2 is 2.00 bits per heavy atom. The van der Waals surface area contributed by atoms with Crippen LogP contribution in [0.5, 0.6) is 0 Å². The van der Waals surface area contributed by atoms with E-state index in [2.05, 4.69) is 35.6 Å². The van der Waals surface area contributed by atoms with Crippen LogP contribution in [0.2, 0.25) is 0 Å². The second kappa shape index (κ2) is 5.85. The van der Waals surface area contributed by atoms with E-state index in [-0.39, 0.29) is 0 Å². The van der Waals surface area contributed by atoms with E-state index < -0.39 is 0 Å². The van der Waals surface area contributed by atoms with Gasteiger partial charge in [-0.05, 0) is 50.6 Å². The van der Waals surface area contributed by atoms with E-state index in [9.17, 15) is 0 Å². The zero-order valence-corrected chi connectivity index (χ0v) is 11.0. The largest absolute Gasteiger partial charge is 0.373 e. The van der Waals surface area contributed by atoms with Gasteiger partial charge in [-0.25, -0.2) is 0 Å². The van der Waals surface area contributed by atoms with E-state index in [1.54, 1.807) is 0 Å². The van der Waals surface area contributed by atoms with Crippen LogP contribution in [-0.4, -0.2) is 24.8 Å². The number of fused-ring (bicyclic) bond motifs is 2. The van der Waals surface area contributed by atoms with Crippen LogP contribution >= 0.6 is 0 Å². The molecule has 0 aliphatic carbocycles. The smallest absolute Gasteiger partial charge is 0.0733 e. The van der Waals surface area contributed by atoms with Gasteiger partial charge in [0.2, 0.25) is 0 Å². The average Bonchev–Trinajstić information content (AvgIpc) is 3.02. The van der Waals surface area contributed by atoms with Crippen molar-refractivity contribution < 1.29 is 4.74 Å². The van der Waals surface area contributed by atoms with Gasteiger partial charge < -0.3 is 10.1 Å². The lowest BCUT2D eigenvalue weighted by molar-refractivity contribution is 0.0974. The number of ether oxygens (including phenoxy) is 1. The Labute approximate surface area is 110 Å². The molecule has 0 spiro atoms. The minimum Gasteiger partial charge on any atom is -0.373 e. The maximum absolute atomic E-state index is 5.85. The Kier molecular flexibility index (Phi) is 3.96. The predicted octanol–water partition coefficient (Wildman–Crippen LogP) is 2.92. The van der Waals surface area contributed by atoms with Crippen molar-refractivity contribution in [3.63, 3.8) is 0 Å². The summed E-state index contributed by atoms with van der Waals surface area (Å²) in [6.45, 7) is 1.14. The Morgan fingerprint density at radius 3 is 2.72 bits per heavy atom. The Balaban J connectivity index is 1.29. The van der Waals surface area contributed by atoms with E-state index >= 15 is 0 Å². The normalized spacial score (nSPS) is 29.9. The Morgan fingerprint density at radius 1 is 1.11 bits per heavy atom. The molecule has 0 saturated carbocycles. The molecule has 2 fully saturated rings. The van der Waals surface area contributed by atoms with Crippen molar-refractivity contribution >= 4 is 0 Å². The highest BCUT2D eigenvalue weighted by molar-refractivity contribution is 5.14. The van der Waals surface area contributed by atoms with Crippen LogP contribution in [-0.2, 0) is 11.2 Å². The van der Waals surface area contributed by atoms with Crippen LogP contribution < -0.4 is 5.32 Å². The van der Waals surface area contributed by atoms with Gasteiger partial charge in [-0.1, -0.05) is 30.3 Å². The first-order valence-electron chi connectivity index (χ1n) is 7.34. The van der Waals surface area contributed by atoms with Crippen molar-refractivity contribution in [2.24, 2.45) is 0 Å². The van der Waals surface area contributed by atoms with Crippen LogP contribution in [0.25, 0.3) is 0 Å². The van der Waals surface area contributed by atoms with Crippen LogP contribution in [0.1, 0.15) is 37.7 Å². The van der Waals surface area contributed by atoms with Crippen molar-refractivity contribution in [2.75, 3.05) is 6.54 Å². The van der Waals surface area contributed by atoms with Gasteiger partial charge in [-0.3, -0.25) is 0 Å². The van der Waals surface area contributed by atoms with Crippen LogP contribution in [0.4, 0.5) is 0 Å². The molecular weight excluding hydrogens is 222 g/mol. The second-order valence-electron chi connectivity index (χ2n) is 5.61. The monoisotopic (exact) mass is 245 g/mol. The van der Waals surface area contributed by atoms with Crippen LogP contribution in [0.3, 0.4) is 0 Å². The van der Waals surface area contributed by atoms with Crippen molar-refractivity contribution in [3.05, 3.63) is 35.9 Å². The molecule has 2 nitrogen and oxygen atoms in total. The van der Waals surface area contributed by atoms with Gasteiger partial charge in [0.25, 0.3) is 0 Å². The number of hydrogen-bond acceptors (Lipinski definition) is 2. The first-order valence-corrected chi connectivity index (χ1v) is 7.34. The van der Waals surface area contributed by atoms with Crippen LogP contribution in [0, 0.1) is 0 Å². The van der Waals surface area contributed by atoms with Gasteiger partial charge in [0.15, 0.2) is 0 Å². The first-order chi connectivity index (χ1) is 8.92. The van der Waals surface area contributed by atoms with Gasteiger partial charge in [-0.2, -0.15) is 0 Å². The van der Waals surface area contributed by atoms with Gasteiger partial charge in [-0.15, -0.1) is 0 Å². The summed E-state index contributed by atoms with van der Waals surface area (Å²) < 4.78 is 5.85. The molecule has 0 amide bonds. The molecule has 1 aromatic rings. The molecule has 2 bridgehead atoms. The summed E-state index contributed by atoms with van der Waals surface area (Å²) >= 11 is 0. The summed E-state index contributed by atoms with van der Waals surface area (Å²) in [5.74, 6) is 0. The number of benzene rings is 1. The molecule has 18 heavy (non-hydrogen) atoms. The molecule has 0 aromatic heterocycles. The molecular formula is C16H23NO. The average molecular weight is 245 g/mol. The third-order valence-electron chi connectivity index (χ3n) is 4.25. The fourth-order valence-corrected chi connectivity index (χ4v) is 3.24. The molecule has 3 unspecified atom stereocenters. The summed E-state index contributed by atoms with van der Waals surface area (Å²) in [5, 5.41) is 3.67. The lowest BCUT2D eigenvalue weighted by atomic mass is 9.95. The standard InChI is InChI=1S/C16H23NO/c1-2-6-13(7-3-1)8-4-5-11-17-15-12-14-9-10-16(15)18-14/h1-3,6-7,14-17H,4-5,8-12H2. The molecule has 2 heterocycles. The topological polar surface area (TPSA) is 21.3 Å². The number of hydrogen-bond donors (Lipinski definition) is 1. The van der Waals surface area contributed by atoms with Crippen molar-refractivity contribution in [3.8, 4) is 0 Å². The highest BCUT2D eigenvalue weighted by atomic mass is 16.5. The molecule has 3 atom stereocenters. The first kappa shape index (κ1) is 12.2. The number of unbranched alkanes of at least 4 members (excludes halogenated alkanes) is 1. The molecule has 2 aliphatic heterocycles. The summed E-state index contributed by atoms with van der Waals surface area (Å²) in [4.78, 5) is 0. The van der Waals surface area contributed by atoms with Gasteiger partial charge in [0.1, 0.15) is 0 Å². The highest BCUT2D eigenvalue weighted by Crippen LogP contribution is 2.34. The zero-order chi connectivity index (χ0) is 12.2. The second-order valence-corrected chi connectivity index (χ2v) is 5.61. The SMILES string of the molecule is c1ccc(CCCCNC2CC3CCC2O3)cc1. The van der Waals surface area contributed by atoms with E-state index in [0.29, 0.717) is 18.2 Å². The molecule has 2 aliphatic rings. The zero-order valence-electron chi connectivity index (χ0n) is 11.0.